The Balaban J connectivity index is 1.37. The van der Waals surface area contributed by atoms with Gasteiger partial charge in [0.1, 0.15) is 17.3 Å². The Kier molecular flexibility index (Phi) is 7.67. The summed E-state index contributed by atoms with van der Waals surface area (Å²) < 4.78 is 8.98. The van der Waals surface area contributed by atoms with Gasteiger partial charge in [-0.3, -0.25) is 4.57 Å². The van der Waals surface area contributed by atoms with Crippen LogP contribution < -0.4 is 20.7 Å². The second kappa shape index (κ2) is 11.8. The number of hydrogen-bond donors (Lipinski definition) is 0. The molecular weight excluding hydrogens is 579 g/mol. The summed E-state index contributed by atoms with van der Waals surface area (Å²) in [5.74, 6) is 2.53. The smallest absolute Gasteiger partial charge is 0.137 e. The molecule has 0 fully saturated rings. The van der Waals surface area contributed by atoms with Crippen LogP contribution in [-0.4, -0.2) is 14.8 Å². The van der Waals surface area contributed by atoms with Crippen molar-refractivity contribution in [3.63, 3.8) is 0 Å². The molecule has 46 heavy (non-hydrogen) atoms. The van der Waals surface area contributed by atoms with Crippen LogP contribution in [0.1, 0.15) is 40.2 Å². The molecule has 0 unspecified atom stereocenters. The fourth-order valence-corrected chi connectivity index (χ4v) is 11.0. The van der Waals surface area contributed by atoms with E-state index in [1.807, 2.05) is 6.20 Å². The number of hydrogen-bond acceptors (Lipinski definition) is 2. The van der Waals surface area contributed by atoms with Crippen LogP contribution in [0, 0.1) is 0 Å². The quantitative estimate of drug-likeness (QED) is 0.174. The van der Waals surface area contributed by atoms with Gasteiger partial charge in [0.15, 0.2) is 0 Å². The zero-order chi connectivity index (χ0) is 31.9. The molecule has 2 aromatic heterocycles. The first kappa shape index (κ1) is 29.8. The minimum absolute atomic E-state index is 0.0153. The van der Waals surface area contributed by atoms with E-state index in [9.17, 15) is 0 Å². The van der Waals surface area contributed by atoms with Gasteiger partial charge in [-0.05, 0) is 90.1 Å². The summed E-state index contributed by atoms with van der Waals surface area (Å²) >= 11 is 0. The van der Waals surface area contributed by atoms with Crippen LogP contribution in [0.15, 0.2) is 146 Å². The second-order valence-electron chi connectivity index (χ2n) is 13.1. The summed E-state index contributed by atoms with van der Waals surface area (Å²) in [5.41, 5.74) is 3.46. The number of fused-ring (bicyclic) bond motifs is 3. The lowest BCUT2D eigenvalue weighted by Gasteiger charge is -2.31. The Morgan fingerprint density at radius 2 is 1.20 bits per heavy atom. The normalized spacial score (nSPS) is 12.0. The van der Waals surface area contributed by atoms with E-state index in [0.29, 0.717) is 0 Å². The average molecular weight is 619 g/mol. The van der Waals surface area contributed by atoms with Crippen molar-refractivity contribution < 1.29 is 4.74 Å². The summed E-state index contributed by atoms with van der Waals surface area (Å²) in [6.45, 7) is 9.21. The average Bonchev–Trinajstić information content (AvgIpc) is 3.39. The predicted octanol–water partition coefficient (Wildman–Crippen LogP) is 9.77. The summed E-state index contributed by atoms with van der Waals surface area (Å²) in [5, 5.41) is 7.74. The summed E-state index contributed by atoms with van der Waals surface area (Å²) in [6.07, 6.45) is 1.92. The molecule has 0 saturated heterocycles. The highest BCUT2D eigenvalue weighted by Crippen LogP contribution is 2.47. The van der Waals surface area contributed by atoms with Crippen LogP contribution in [0.25, 0.3) is 27.6 Å². The van der Waals surface area contributed by atoms with Gasteiger partial charge < -0.3 is 4.74 Å². The van der Waals surface area contributed by atoms with Gasteiger partial charge >= 0.3 is 0 Å². The number of ether oxygens (including phenoxy) is 1. The number of benzene rings is 5. The molecule has 0 aliphatic heterocycles. The molecule has 5 aromatic carbocycles. The van der Waals surface area contributed by atoms with Crippen LogP contribution in [-0.2, 0) is 5.41 Å². The van der Waals surface area contributed by atoms with Gasteiger partial charge in [0.05, 0.1) is 11.0 Å². The van der Waals surface area contributed by atoms with Crippen LogP contribution in [0.4, 0.5) is 0 Å². The van der Waals surface area contributed by atoms with E-state index in [2.05, 4.69) is 179 Å². The van der Waals surface area contributed by atoms with Crippen molar-refractivity contribution in [1.82, 2.24) is 9.55 Å². The monoisotopic (exact) mass is 618 g/mol. The van der Waals surface area contributed by atoms with Crippen molar-refractivity contribution in [2.75, 3.05) is 0 Å². The third-order valence-corrected chi connectivity index (χ3v) is 13.4. The molecule has 0 atom stereocenters. The Morgan fingerprint density at radius 1 is 0.587 bits per heavy atom. The van der Waals surface area contributed by atoms with E-state index < -0.39 is 6.89 Å². The highest BCUT2D eigenvalue weighted by Gasteiger charge is 2.27. The maximum absolute atomic E-state index is 6.71. The first-order valence-electron chi connectivity index (χ1n) is 15.9. The lowest BCUT2D eigenvalue weighted by Crippen LogP contribution is -2.28. The summed E-state index contributed by atoms with van der Waals surface area (Å²) in [7, 11) is 0. The van der Waals surface area contributed by atoms with Gasteiger partial charge in [-0.2, -0.15) is 0 Å². The molecule has 7 aromatic rings. The molecule has 0 N–H and O–H groups in total. The topological polar surface area (TPSA) is 27.1 Å². The number of nitrogens with zero attached hydrogens (tertiary/aromatic N) is 2. The van der Waals surface area contributed by atoms with Crippen LogP contribution in [0.2, 0.25) is 0 Å². The number of aromatic nitrogens is 2. The van der Waals surface area contributed by atoms with Gasteiger partial charge in [0.25, 0.3) is 0 Å². The molecule has 4 heteroatoms. The lowest BCUT2D eigenvalue weighted by molar-refractivity contribution is 0.484. The standard InChI is InChI=1S/C42H39N2OP/c1-30(2)46(34-16-8-6-9-17-34,35-18-10-7-11-19-35)36-20-14-15-32(28-36)45-33-23-24-38-37-21-12-13-22-39(37)44(40(38)29-33)41-27-31(25-26-43-41)42(3,4)5/h6-29H,1-5H3. The minimum atomic E-state index is -2.06. The SMILES string of the molecule is CC(C)=P(c1ccccc1)(c1ccccc1)c1cccc(Oc2ccc3c4ccccc4n(-c4cc(C(C)(C)C)ccn4)c3c2)c1. The van der Waals surface area contributed by atoms with E-state index in [0.717, 1.165) is 28.4 Å². The van der Waals surface area contributed by atoms with Crippen molar-refractivity contribution in [2.24, 2.45) is 0 Å². The van der Waals surface area contributed by atoms with Crippen LogP contribution in [0.3, 0.4) is 0 Å². The zero-order valence-electron chi connectivity index (χ0n) is 27.1. The molecule has 3 nitrogen and oxygen atoms in total. The molecule has 7 rings (SSSR count). The zero-order valence-corrected chi connectivity index (χ0v) is 28.0. The van der Waals surface area contributed by atoms with Crippen LogP contribution >= 0.6 is 6.89 Å². The molecule has 228 valence electrons. The van der Waals surface area contributed by atoms with Crippen molar-refractivity contribution in [2.45, 2.75) is 40.0 Å². The molecule has 0 aliphatic carbocycles. The van der Waals surface area contributed by atoms with Gasteiger partial charge in [0, 0.05) is 23.0 Å². The summed E-state index contributed by atoms with van der Waals surface area (Å²) in [4.78, 5) is 4.85. The minimum Gasteiger partial charge on any atom is -0.457 e. The second-order valence-corrected chi connectivity index (χ2v) is 16.9. The van der Waals surface area contributed by atoms with Crippen molar-refractivity contribution in [1.29, 1.82) is 0 Å². The third-order valence-electron chi connectivity index (χ3n) is 8.88. The van der Waals surface area contributed by atoms with Gasteiger partial charge in [-0.1, -0.05) is 117 Å². The van der Waals surface area contributed by atoms with E-state index in [-0.39, 0.29) is 5.41 Å². The molecule has 0 amide bonds. The largest absolute Gasteiger partial charge is 0.457 e. The Bertz CT molecular complexity index is 2190. The van der Waals surface area contributed by atoms with Crippen molar-refractivity contribution >= 4 is 49.9 Å². The van der Waals surface area contributed by atoms with Crippen LogP contribution in [0.5, 0.6) is 11.5 Å². The molecule has 0 spiro atoms. The van der Waals surface area contributed by atoms with Gasteiger partial charge in [-0.15, -0.1) is 0 Å². The van der Waals surface area contributed by atoms with Crippen molar-refractivity contribution in [3.8, 4) is 17.3 Å². The first-order chi connectivity index (χ1) is 22.3. The first-order valence-corrected chi connectivity index (χ1v) is 17.7. The molecule has 2 heterocycles. The summed E-state index contributed by atoms with van der Waals surface area (Å²) in [6, 6.07) is 49.9. The highest BCUT2D eigenvalue weighted by molar-refractivity contribution is 7.95. The number of pyridine rings is 1. The number of rotatable bonds is 6. The fraction of sp³-hybridized carbons (Fsp3) is 0.143. The van der Waals surface area contributed by atoms with E-state index in [1.165, 1.54) is 37.5 Å². The molecule has 0 aliphatic rings. The number of para-hydroxylation sites is 1. The third kappa shape index (κ3) is 5.15. The maximum atomic E-state index is 6.71. The Labute approximate surface area is 272 Å². The molecule has 0 bridgehead atoms. The highest BCUT2D eigenvalue weighted by atomic mass is 31.2. The Morgan fingerprint density at radius 3 is 1.87 bits per heavy atom. The van der Waals surface area contributed by atoms with Gasteiger partial charge in [-0.25, -0.2) is 4.98 Å². The van der Waals surface area contributed by atoms with Gasteiger partial charge in [0.2, 0.25) is 0 Å². The molecule has 0 saturated carbocycles. The van der Waals surface area contributed by atoms with E-state index in [4.69, 9.17) is 9.72 Å². The maximum Gasteiger partial charge on any atom is 0.137 e. The molecular formula is C42H39N2OP. The Hall–Kier alpha value is -4.85. The van der Waals surface area contributed by atoms with E-state index in [1.54, 1.807) is 0 Å². The van der Waals surface area contributed by atoms with E-state index >= 15 is 0 Å². The molecule has 0 radical (unpaired) electrons. The lowest BCUT2D eigenvalue weighted by atomic mass is 9.88. The fourth-order valence-electron chi connectivity index (χ4n) is 6.68. The predicted molar refractivity (Wildman–Crippen MR) is 199 cm³/mol. The van der Waals surface area contributed by atoms with Crippen molar-refractivity contribution in [3.05, 3.63) is 151 Å².